The van der Waals surface area contributed by atoms with Crippen LogP contribution in [0.2, 0.25) is 0 Å². The summed E-state index contributed by atoms with van der Waals surface area (Å²) in [6, 6.07) is 0. The number of primary sulfonamides is 1. The van der Waals surface area contributed by atoms with Crippen molar-refractivity contribution in [3.63, 3.8) is 0 Å². The molecule has 78 valence electrons. The number of thiol groups is 1. The molecule has 0 unspecified atom stereocenters. The van der Waals surface area contributed by atoms with Gasteiger partial charge in [-0.1, -0.05) is 12.8 Å². The molecule has 0 saturated heterocycles. The molecule has 0 bridgehead atoms. The van der Waals surface area contributed by atoms with E-state index in [-0.39, 0.29) is 0 Å². The summed E-state index contributed by atoms with van der Waals surface area (Å²) in [5.41, 5.74) is 0. The van der Waals surface area contributed by atoms with Gasteiger partial charge in [0.15, 0.2) is 0 Å². The van der Waals surface area contributed by atoms with Gasteiger partial charge < -0.3 is 5.32 Å². The summed E-state index contributed by atoms with van der Waals surface area (Å²) in [6.07, 6.45) is 0.938. The van der Waals surface area contributed by atoms with Crippen molar-refractivity contribution in [2.24, 2.45) is 5.14 Å². The predicted molar refractivity (Wildman–Crippen MR) is 50.2 cm³/mol. The van der Waals surface area contributed by atoms with Gasteiger partial charge in [-0.05, 0) is 0 Å². The second-order valence-electron chi connectivity index (χ2n) is 1.85. The van der Waals surface area contributed by atoms with Crippen LogP contribution in [0.5, 0.6) is 0 Å². The molecule has 13 heavy (non-hydrogen) atoms. The zero-order valence-electron chi connectivity index (χ0n) is 7.07. The Kier molecular flexibility index (Phi) is 7.57. The van der Waals surface area contributed by atoms with Crippen LogP contribution < -0.4 is 15.2 Å². The molecule has 9 heteroatoms. The fraction of sp³-hybridized carbons (Fsp3) is 0.500. The fourth-order valence-electron chi connectivity index (χ4n) is 0.164. The van der Waals surface area contributed by atoms with E-state index in [0.717, 1.165) is 6.26 Å². The summed E-state index contributed by atoms with van der Waals surface area (Å²) < 4.78 is 20.7. The molecule has 0 radical (unpaired) electrons. The van der Waals surface area contributed by atoms with Crippen LogP contribution in [0.1, 0.15) is 0 Å². The van der Waals surface area contributed by atoms with E-state index in [2.05, 4.69) is 23.3 Å². The molecule has 0 aliphatic rings. The first-order valence-electron chi connectivity index (χ1n) is 2.86. The van der Waals surface area contributed by atoms with Crippen LogP contribution in [0.3, 0.4) is 0 Å². The maximum Gasteiger partial charge on any atom is 0.318 e. The number of rotatable bonds is 0. The molecule has 0 rings (SSSR count). The molecule has 0 aromatic heterocycles. The van der Waals surface area contributed by atoms with Crippen LogP contribution in [-0.4, -0.2) is 33.5 Å². The highest BCUT2D eigenvalue weighted by molar-refractivity contribution is 7.88. The molecule has 0 fully saturated rings. The molecule has 2 amide bonds. The van der Waals surface area contributed by atoms with Crippen molar-refractivity contribution in [2.75, 3.05) is 13.3 Å². The molecule has 0 aromatic rings. The highest BCUT2D eigenvalue weighted by Gasteiger charge is 2.06. The van der Waals surface area contributed by atoms with E-state index in [9.17, 15) is 18.0 Å². The van der Waals surface area contributed by atoms with Gasteiger partial charge >= 0.3 is 11.8 Å². The lowest BCUT2D eigenvalue weighted by molar-refractivity contribution is -0.137. The number of amides is 2. The second-order valence-corrected chi connectivity index (χ2v) is 3.73. The molecule has 0 aliphatic heterocycles. The lowest BCUT2D eigenvalue weighted by Crippen LogP contribution is -2.33. The Morgan fingerprint density at radius 1 is 1.31 bits per heavy atom. The molecule has 0 aliphatic carbocycles. The molecule has 7 nitrogen and oxygen atoms in total. The standard InChI is InChI=1S/C3H6N2O2S.CH5NO2S/c1-4-2(6)3(7)5-8;1-5(2,3)4/h8H,1H3,(H,4,6)(H,5,7);1H3,(H2,2,3,4). The average Bonchev–Trinajstić information content (AvgIpc) is 1.98. The summed E-state index contributed by atoms with van der Waals surface area (Å²) in [6.45, 7) is 0. The van der Waals surface area contributed by atoms with Crippen LogP contribution in [0.15, 0.2) is 0 Å². The summed E-state index contributed by atoms with van der Waals surface area (Å²) >= 11 is 3.35. The number of carbonyl (C=O) groups excluding carboxylic acids is 2. The van der Waals surface area contributed by atoms with Gasteiger partial charge in [-0.3, -0.25) is 14.3 Å². The van der Waals surface area contributed by atoms with E-state index >= 15 is 0 Å². The van der Waals surface area contributed by atoms with Crippen LogP contribution in [-0.2, 0) is 19.6 Å². The number of hydrogen-bond donors (Lipinski definition) is 4. The maximum atomic E-state index is 10.2. The largest absolute Gasteiger partial charge is 0.351 e. The molecule has 0 aromatic carbocycles. The highest BCUT2D eigenvalue weighted by atomic mass is 32.2. The van der Waals surface area contributed by atoms with Crippen molar-refractivity contribution in [2.45, 2.75) is 0 Å². The van der Waals surface area contributed by atoms with Gasteiger partial charge in [-0.2, -0.15) is 0 Å². The van der Waals surface area contributed by atoms with Gasteiger partial charge in [0.1, 0.15) is 0 Å². The number of hydrogen-bond acceptors (Lipinski definition) is 5. The first-order chi connectivity index (χ1) is 5.72. The van der Waals surface area contributed by atoms with E-state index in [1.54, 1.807) is 0 Å². The Balaban J connectivity index is 0. The minimum Gasteiger partial charge on any atom is -0.351 e. The van der Waals surface area contributed by atoms with Gasteiger partial charge in [0.05, 0.1) is 6.26 Å². The van der Waals surface area contributed by atoms with Gasteiger partial charge in [-0.15, -0.1) is 0 Å². The number of nitrogens with two attached hydrogens (primary N) is 1. The average molecular weight is 229 g/mol. The Labute approximate surface area is 81.7 Å². The first kappa shape index (κ1) is 14.7. The quantitative estimate of drug-likeness (QED) is 0.273. The van der Waals surface area contributed by atoms with E-state index in [1.165, 1.54) is 7.05 Å². The number of carbonyl (C=O) groups is 2. The molecule has 4 N–H and O–H groups in total. The maximum absolute atomic E-state index is 10.2. The summed E-state index contributed by atoms with van der Waals surface area (Å²) in [5.74, 6) is -1.45. The smallest absolute Gasteiger partial charge is 0.318 e. The summed E-state index contributed by atoms with van der Waals surface area (Å²) in [7, 11) is -1.80. The fourth-order valence-corrected chi connectivity index (χ4v) is 0.266. The van der Waals surface area contributed by atoms with Crippen molar-refractivity contribution >= 4 is 34.7 Å². The molecule has 0 atom stereocenters. The van der Waals surface area contributed by atoms with Crippen LogP contribution in [0.25, 0.3) is 0 Å². The molecule has 0 heterocycles. The number of sulfonamides is 1. The Morgan fingerprint density at radius 3 is 1.69 bits per heavy atom. The lowest BCUT2D eigenvalue weighted by atomic mass is 10.6. The predicted octanol–water partition coefficient (Wildman–Crippen LogP) is -2.40. The van der Waals surface area contributed by atoms with E-state index in [4.69, 9.17) is 0 Å². The Morgan fingerprint density at radius 2 is 1.62 bits per heavy atom. The van der Waals surface area contributed by atoms with Gasteiger partial charge in [0, 0.05) is 7.05 Å². The summed E-state index contributed by atoms with van der Waals surface area (Å²) in [4.78, 5) is 20.3. The van der Waals surface area contributed by atoms with Crippen LogP contribution in [0, 0.1) is 0 Å². The van der Waals surface area contributed by atoms with Crippen molar-refractivity contribution in [3.8, 4) is 0 Å². The van der Waals surface area contributed by atoms with E-state index in [1.807, 2.05) is 4.72 Å². The zero-order valence-corrected chi connectivity index (χ0v) is 8.78. The number of nitrogens with one attached hydrogen (secondary N) is 2. The van der Waals surface area contributed by atoms with Crippen molar-refractivity contribution in [3.05, 3.63) is 0 Å². The van der Waals surface area contributed by atoms with Crippen molar-refractivity contribution in [1.29, 1.82) is 0 Å². The third kappa shape index (κ3) is 18.3. The Bertz CT molecular complexity index is 251. The van der Waals surface area contributed by atoms with Gasteiger partial charge in [0.2, 0.25) is 10.0 Å². The third-order valence-corrected chi connectivity index (χ3v) is 0.738. The van der Waals surface area contributed by atoms with Crippen LogP contribution >= 0.6 is 12.8 Å². The van der Waals surface area contributed by atoms with E-state index in [0.29, 0.717) is 0 Å². The summed E-state index contributed by atoms with van der Waals surface area (Å²) in [5, 5.41) is 6.44. The SMILES string of the molecule is CNC(=O)C(=O)NS.CS(N)(=O)=O. The van der Waals surface area contributed by atoms with Crippen LogP contribution in [0.4, 0.5) is 0 Å². The topological polar surface area (TPSA) is 118 Å². The monoisotopic (exact) mass is 229 g/mol. The van der Waals surface area contributed by atoms with Gasteiger partial charge in [0.25, 0.3) is 0 Å². The molecule has 0 spiro atoms. The minimum atomic E-state index is -3.17. The molecular weight excluding hydrogens is 218 g/mol. The highest BCUT2D eigenvalue weighted by Crippen LogP contribution is 1.65. The molecule has 0 saturated carbocycles. The normalized spacial score (nSPS) is 9.23. The minimum absolute atomic E-state index is 0.694. The van der Waals surface area contributed by atoms with Gasteiger partial charge in [-0.25, -0.2) is 13.6 Å². The lowest BCUT2D eigenvalue weighted by Gasteiger charge is -1.92. The molecular formula is C4H11N3O4S2. The third-order valence-electron chi connectivity index (χ3n) is 0.535. The number of likely N-dealkylation sites (N-methyl/N-ethyl adjacent to an activating group) is 1. The second kappa shape index (κ2) is 6.69. The van der Waals surface area contributed by atoms with E-state index < -0.39 is 21.8 Å². The van der Waals surface area contributed by atoms with Crippen molar-refractivity contribution in [1.82, 2.24) is 10.0 Å². The Hall–Kier alpha value is -0.800. The van der Waals surface area contributed by atoms with Crippen molar-refractivity contribution < 1.29 is 18.0 Å². The zero-order chi connectivity index (χ0) is 11.1. The first-order valence-corrected chi connectivity index (χ1v) is 5.26.